The Labute approximate surface area is 333 Å². The van der Waals surface area contributed by atoms with Crippen LogP contribution in [0, 0.1) is 0 Å². The Balaban J connectivity index is 1.29. The zero-order valence-corrected chi connectivity index (χ0v) is 33.6. The molecule has 0 spiro atoms. The second-order valence-corrected chi connectivity index (χ2v) is 15.9. The number of carboxylic acid groups (broad SMARTS) is 1. The lowest BCUT2D eigenvalue weighted by atomic mass is 9.95. The minimum Gasteiger partial charge on any atom is -0.494 e. The average Bonchev–Trinajstić information content (AvgIpc) is 3.72. The zero-order valence-electron chi connectivity index (χ0n) is 32.8. The Kier molecular flexibility index (Phi) is 14.9. The maximum Gasteiger partial charge on any atom is 0.329 e. The molecular weight excluding hydrogens is 725 g/mol. The third kappa shape index (κ3) is 11.6. The van der Waals surface area contributed by atoms with Crippen molar-refractivity contribution in [3.05, 3.63) is 124 Å². The van der Waals surface area contributed by atoms with Crippen molar-refractivity contribution in [2.24, 2.45) is 0 Å². The summed E-state index contributed by atoms with van der Waals surface area (Å²) < 4.78 is 11.5. The summed E-state index contributed by atoms with van der Waals surface area (Å²) in [6.45, 7) is 9.12. The first-order valence-electron chi connectivity index (χ1n) is 19.1. The predicted molar refractivity (Wildman–Crippen MR) is 221 cm³/mol. The number of carbonyl (C=O) groups excluding carboxylic acids is 2. The van der Waals surface area contributed by atoms with Crippen molar-refractivity contribution in [3.8, 4) is 28.3 Å². The fraction of sp³-hybridized carbons (Fsp3) is 0.356. The molecule has 11 heteroatoms. The highest BCUT2D eigenvalue weighted by atomic mass is 32.1. The molecular formula is C45H52N4O6S. The van der Waals surface area contributed by atoms with Gasteiger partial charge in [0.25, 0.3) is 5.91 Å². The minimum atomic E-state index is -1.41. The number of aromatic nitrogens is 2. The fourth-order valence-corrected chi connectivity index (χ4v) is 7.19. The van der Waals surface area contributed by atoms with E-state index in [-0.39, 0.29) is 11.8 Å². The number of unbranched alkanes of at least 4 members (excludes halogenated alkanes) is 4. The summed E-state index contributed by atoms with van der Waals surface area (Å²) in [7, 11) is 1.39. The van der Waals surface area contributed by atoms with Crippen LogP contribution in [0.25, 0.3) is 22.5 Å². The molecule has 0 radical (unpaired) electrons. The lowest BCUT2D eigenvalue weighted by Gasteiger charge is -2.26. The van der Waals surface area contributed by atoms with Crippen molar-refractivity contribution in [3.63, 3.8) is 0 Å². The van der Waals surface area contributed by atoms with E-state index in [1.807, 2.05) is 60.7 Å². The van der Waals surface area contributed by atoms with Crippen molar-refractivity contribution >= 4 is 29.1 Å². The molecule has 0 bridgehead atoms. The molecule has 10 nitrogen and oxygen atoms in total. The SMILES string of the molecule is CCCCCCCOc1ccc(-c2cnc(-c3ccc(C[C@H](NC(=O)c4ccc(C(C)(C)C)s4)C(=O)NC(C(=O)O)C(OC)c4ccccc4)cc3)nc2)cc1. The Morgan fingerprint density at radius 3 is 2.05 bits per heavy atom. The molecule has 0 aliphatic heterocycles. The maximum atomic E-state index is 13.9. The third-order valence-corrected chi connectivity index (χ3v) is 11.0. The van der Waals surface area contributed by atoms with Gasteiger partial charge in [0.1, 0.15) is 17.9 Å². The number of rotatable bonds is 19. The maximum absolute atomic E-state index is 13.9. The number of ether oxygens (including phenoxy) is 2. The van der Waals surface area contributed by atoms with Crippen LogP contribution in [0.15, 0.2) is 103 Å². The van der Waals surface area contributed by atoms with Crippen molar-refractivity contribution < 1.29 is 29.0 Å². The molecule has 56 heavy (non-hydrogen) atoms. The van der Waals surface area contributed by atoms with Gasteiger partial charge in [-0.15, -0.1) is 11.3 Å². The van der Waals surface area contributed by atoms with Crippen LogP contribution < -0.4 is 15.4 Å². The van der Waals surface area contributed by atoms with E-state index in [0.717, 1.165) is 39.3 Å². The van der Waals surface area contributed by atoms with Gasteiger partial charge in [-0.1, -0.05) is 120 Å². The monoisotopic (exact) mass is 776 g/mol. The molecule has 0 saturated carbocycles. The van der Waals surface area contributed by atoms with E-state index in [4.69, 9.17) is 9.47 Å². The summed E-state index contributed by atoms with van der Waals surface area (Å²) in [6.07, 6.45) is 8.68. The number of carbonyl (C=O) groups is 3. The van der Waals surface area contributed by atoms with Gasteiger partial charge in [0.05, 0.1) is 11.5 Å². The Morgan fingerprint density at radius 1 is 0.786 bits per heavy atom. The van der Waals surface area contributed by atoms with E-state index in [9.17, 15) is 19.5 Å². The summed E-state index contributed by atoms with van der Waals surface area (Å²) in [4.78, 5) is 50.7. The Hall–Kier alpha value is -5.39. The number of hydrogen-bond donors (Lipinski definition) is 3. The van der Waals surface area contributed by atoms with E-state index in [0.29, 0.717) is 22.9 Å². The van der Waals surface area contributed by atoms with Crippen molar-refractivity contribution in [1.82, 2.24) is 20.6 Å². The number of thiophene rings is 1. The summed E-state index contributed by atoms with van der Waals surface area (Å²) in [5.74, 6) is -0.961. The largest absolute Gasteiger partial charge is 0.494 e. The van der Waals surface area contributed by atoms with E-state index in [1.54, 1.807) is 42.7 Å². The highest BCUT2D eigenvalue weighted by molar-refractivity contribution is 7.14. The molecule has 3 atom stereocenters. The summed E-state index contributed by atoms with van der Waals surface area (Å²) in [6, 6.07) is 25.3. The molecule has 2 heterocycles. The topological polar surface area (TPSA) is 140 Å². The van der Waals surface area contributed by atoms with Crippen molar-refractivity contribution in [1.29, 1.82) is 0 Å². The van der Waals surface area contributed by atoms with Gasteiger partial charge >= 0.3 is 5.97 Å². The van der Waals surface area contributed by atoms with Gasteiger partial charge < -0.3 is 25.2 Å². The number of benzene rings is 3. The van der Waals surface area contributed by atoms with Crippen LogP contribution in [-0.4, -0.2) is 58.7 Å². The van der Waals surface area contributed by atoms with Crippen LogP contribution in [0.3, 0.4) is 0 Å². The van der Waals surface area contributed by atoms with Crippen LogP contribution in [0.1, 0.15) is 91.6 Å². The number of hydrogen-bond acceptors (Lipinski definition) is 8. The quantitative estimate of drug-likeness (QED) is 0.0708. The third-order valence-electron chi connectivity index (χ3n) is 9.45. The van der Waals surface area contributed by atoms with Gasteiger partial charge in [0, 0.05) is 41.9 Å². The van der Waals surface area contributed by atoms with Gasteiger partial charge in [-0.05, 0) is 52.8 Å². The molecule has 3 aromatic carbocycles. The lowest BCUT2D eigenvalue weighted by Crippen LogP contribution is -2.54. The molecule has 2 aromatic heterocycles. The van der Waals surface area contributed by atoms with E-state index < -0.39 is 36.0 Å². The standard InChI is InChI=1S/C45H52N4O6S/c1-6-7-8-9-13-26-55-35-22-20-31(21-23-35)34-28-46-41(47-29-34)33-18-16-30(17-19-33)27-36(48-43(51)37-24-25-38(56-37)45(2,3)4)42(50)49-39(44(52)53)40(54-5)32-14-11-10-12-15-32/h10-12,14-25,28-29,36,39-40H,6-9,13,26-27H2,1-5H3,(H,48,51)(H,49,50)(H,52,53)/t36-,39?,40?/m0/s1. The molecule has 2 unspecified atom stereocenters. The number of carboxylic acids is 1. The number of nitrogens with zero attached hydrogens (tertiary/aromatic N) is 2. The van der Waals surface area contributed by atoms with Gasteiger partial charge in [-0.25, -0.2) is 14.8 Å². The van der Waals surface area contributed by atoms with Crippen LogP contribution in [0.2, 0.25) is 0 Å². The number of methoxy groups -OCH3 is 1. The molecule has 5 rings (SSSR count). The number of aliphatic carboxylic acids is 1. The highest BCUT2D eigenvalue weighted by Crippen LogP contribution is 2.30. The summed E-state index contributed by atoms with van der Waals surface area (Å²) in [5, 5.41) is 15.7. The molecule has 2 amide bonds. The van der Waals surface area contributed by atoms with Gasteiger partial charge in [-0.2, -0.15) is 0 Å². The summed E-state index contributed by atoms with van der Waals surface area (Å²) >= 11 is 1.36. The molecule has 294 valence electrons. The lowest BCUT2D eigenvalue weighted by molar-refractivity contribution is -0.146. The number of nitrogens with one attached hydrogen (secondary N) is 2. The first-order valence-corrected chi connectivity index (χ1v) is 19.9. The predicted octanol–water partition coefficient (Wildman–Crippen LogP) is 8.82. The van der Waals surface area contributed by atoms with Crippen LogP contribution in [0.4, 0.5) is 0 Å². The fourth-order valence-electron chi connectivity index (χ4n) is 6.22. The molecule has 0 saturated heterocycles. The van der Waals surface area contributed by atoms with E-state index in [2.05, 4.69) is 48.3 Å². The van der Waals surface area contributed by atoms with Crippen LogP contribution in [0.5, 0.6) is 5.75 Å². The highest BCUT2D eigenvalue weighted by Gasteiger charge is 2.34. The Morgan fingerprint density at radius 2 is 1.45 bits per heavy atom. The molecule has 3 N–H and O–H groups in total. The first kappa shape index (κ1) is 41.8. The average molecular weight is 777 g/mol. The van der Waals surface area contributed by atoms with Gasteiger partial charge in [0.2, 0.25) is 5.91 Å². The zero-order chi connectivity index (χ0) is 40.1. The van der Waals surface area contributed by atoms with E-state index >= 15 is 0 Å². The van der Waals surface area contributed by atoms with Crippen LogP contribution in [-0.2, 0) is 26.2 Å². The first-order chi connectivity index (χ1) is 27.0. The van der Waals surface area contributed by atoms with Crippen molar-refractivity contribution in [2.75, 3.05) is 13.7 Å². The molecule has 0 fully saturated rings. The second-order valence-electron chi connectivity index (χ2n) is 14.8. The van der Waals surface area contributed by atoms with Crippen molar-refractivity contribution in [2.45, 2.75) is 89.8 Å². The normalized spacial score (nSPS) is 13.0. The molecule has 0 aliphatic carbocycles. The summed E-state index contributed by atoms with van der Waals surface area (Å²) in [5.41, 5.74) is 3.82. The van der Waals surface area contributed by atoms with E-state index in [1.165, 1.54) is 44.1 Å². The minimum absolute atomic E-state index is 0.100. The Bertz CT molecular complexity index is 2010. The number of amides is 2. The second kappa shape index (κ2) is 20.0. The van der Waals surface area contributed by atoms with Gasteiger partial charge in [-0.3, -0.25) is 9.59 Å². The molecule has 0 aliphatic rings. The molecule has 5 aromatic rings. The van der Waals surface area contributed by atoms with Crippen LogP contribution >= 0.6 is 11.3 Å². The smallest absolute Gasteiger partial charge is 0.329 e. The van der Waals surface area contributed by atoms with Gasteiger partial charge in [0.15, 0.2) is 11.9 Å².